The number of anilines is 1. The van der Waals surface area contributed by atoms with Crippen LogP contribution in [0.25, 0.3) is 0 Å². The Bertz CT molecular complexity index is 459. The number of carbonyl (C=O) groups is 1. The third-order valence-electron chi connectivity index (χ3n) is 4.44. The number of methoxy groups -OCH3 is 1. The number of unbranched alkanes of at least 4 members (excludes halogenated alkanes) is 8. The Kier molecular flexibility index (Phi) is 11.8. The van der Waals surface area contributed by atoms with Gasteiger partial charge in [0.1, 0.15) is 5.75 Å². The van der Waals surface area contributed by atoms with E-state index in [-0.39, 0.29) is 12.3 Å². The molecule has 4 heteroatoms. The Hall–Kier alpha value is -1.55. The van der Waals surface area contributed by atoms with Crippen LogP contribution in [0.2, 0.25) is 0 Å². The minimum atomic E-state index is -0.553. The highest BCUT2D eigenvalue weighted by Crippen LogP contribution is 2.16. The first-order chi connectivity index (χ1) is 12.2. The maximum atomic E-state index is 11.9. The van der Waals surface area contributed by atoms with E-state index in [0.29, 0.717) is 6.42 Å². The minimum Gasteiger partial charge on any atom is -0.497 e. The van der Waals surface area contributed by atoms with E-state index in [1.165, 1.54) is 44.9 Å². The van der Waals surface area contributed by atoms with Crippen LogP contribution in [0.5, 0.6) is 5.75 Å². The zero-order valence-electron chi connectivity index (χ0n) is 15.9. The van der Waals surface area contributed by atoms with Gasteiger partial charge in [0.05, 0.1) is 19.6 Å². The third kappa shape index (κ3) is 10.8. The van der Waals surface area contributed by atoms with Crippen molar-refractivity contribution in [2.45, 2.75) is 83.7 Å². The molecular formula is C21H35NO3. The zero-order valence-corrected chi connectivity index (χ0v) is 15.9. The van der Waals surface area contributed by atoms with Crippen molar-refractivity contribution in [1.29, 1.82) is 0 Å². The largest absolute Gasteiger partial charge is 0.497 e. The zero-order chi connectivity index (χ0) is 18.3. The second-order valence-electron chi connectivity index (χ2n) is 6.75. The average Bonchev–Trinajstić information content (AvgIpc) is 2.61. The van der Waals surface area contributed by atoms with E-state index >= 15 is 0 Å². The van der Waals surface area contributed by atoms with Crippen molar-refractivity contribution in [3.05, 3.63) is 24.3 Å². The molecular weight excluding hydrogens is 314 g/mol. The number of benzene rings is 1. The van der Waals surface area contributed by atoms with Crippen LogP contribution in [-0.2, 0) is 4.79 Å². The van der Waals surface area contributed by atoms with Gasteiger partial charge in [0, 0.05) is 5.69 Å². The van der Waals surface area contributed by atoms with Crippen LogP contribution in [0.4, 0.5) is 5.69 Å². The maximum Gasteiger partial charge on any atom is 0.226 e. The number of carbonyl (C=O) groups excluding carboxylic acids is 1. The number of aliphatic hydroxyl groups excluding tert-OH is 1. The van der Waals surface area contributed by atoms with Crippen LogP contribution in [0, 0.1) is 0 Å². The van der Waals surface area contributed by atoms with E-state index in [1.54, 1.807) is 31.4 Å². The first-order valence-corrected chi connectivity index (χ1v) is 9.77. The van der Waals surface area contributed by atoms with Crippen molar-refractivity contribution < 1.29 is 14.6 Å². The molecule has 142 valence electrons. The summed E-state index contributed by atoms with van der Waals surface area (Å²) in [5.74, 6) is 0.608. The number of aliphatic hydroxyl groups is 1. The number of hydrogen-bond acceptors (Lipinski definition) is 3. The first kappa shape index (κ1) is 21.5. The Morgan fingerprint density at radius 2 is 1.56 bits per heavy atom. The van der Waals surface area contributed by atoms with E-state index < -0.39 is 6.10 Å². The fraction of sp³-hybridized carbons (Fsp3) is 0.667. The fourth-order valence-corrected chi connectivity index (χ4v) is 2.89. The number of ether oxygens (including phenoxy) is 1. The van der Waals surface area contributed by atoms with Gasteiger partial charge < -0.3 is 15.2 Å². The Balaban J connectivity index is 2.05. The van der Waals surface area contributed by atoms with Gasteiger partial charge in [0.15, 0.2) is 0 Å². The van der Waals surface area contributed by atoms with Crippen molar-refractivity contribution in [3.63, 3.8) is 0 Å². The van der Waals surface area contributed by atoms with Crippen molar-refractivity contribution in [2.24, 2.45) is 0 Å². The van der Waals surface area contributed by atoms with Crippen LogP contribution < -0.4 is 10.1 Å². The molecule has 0 aliphatic rings. The molecule has 0 saturated carbocycles. The highest BCUT2D eigenvalue weighted by molar-refractivity contribution is 5.91. The van der Waals surface area contributed by atoms with Crippen LogP contribution in [0.1, 0.15) is 77.6 Å². The van der Waals surface area contributed by atoms with E-state index in [0.717, 1.165) is 24.3 Å². The smallest absolute Gasteiger partial charge is 0.226 e. The van der Waals surface area contributed by atoms with E-state index in [9.17, 15) is 9.90 Å². The molecule has 0 heterocycles. The number of rotatable bonds is 14. The Morgan fingerprint density at radius 1 is 1.00 bits per heavy atom. The van der Waals surface area contributed by atoms with Gasteiger partial charge in [-0.1, -0.05) is 64.7 Å². The van der Waals surface area contributed by atoms with Crippen LogP contribution in [-0.4, -0.2) is 24.2 Å². The normalized spacial score (nSPS) is 12.0. The summed E-state index contributed by atoms with van der Waals surface area (Å²) in [5.41, 5.74) is 0.723. The monoisotopic (exact) mass is 349 g/mol. The SMILES string of the molecule is CCCCCCCCCCC[C@H](O)CC(=O)Nc1ccc(OC)cc1. The number of hydrogen-bond donors (Lipinski definition) is 2. The summed E-state index contributed by atoms with van der Waals surface area (Å²) in [6, 6.07) is 7.19. The standard InChI is InChI=1S/C21H35NO3/c1-3-4-5-6-7-8-9-10-11-12-19(23)17-21(24)22-18-13-15-20(25-2)16-14-18/h13-16,19,23H,3-12,17H2,1-2H3,(H,22,24)/t19-/m0/s1. The molecule has 4 nitrogen and oxygen atoms in total. The summed E-state index contributed by atoms with van der Waals surface area (Å²) in [6.45, 7) is 2.24. The molecule has 0 unspecified atom stereocenters. The second kappa shape index (κ2) is 13.7. The predicted molar refractivity (Wildman–Crippen MR) is 104 cm³/mol. The molecule has 2 N–H and O–H groups in total. The molecule has 1 aromatic rings. The highest BCUT2D eigenvalue weighted by Gasteiger charge is 2.11. The van der Waals surface area contributed by atoms with Crippen LogP contribution in [0.15, 0.2) is 24.3 Å². The quantitative estimate of drug-likeness (QED) is 0.448. The van der Waals surface area contributed by atoms with E-state index in [2.05, 4.69) is 12.2 Å². The summed E-state index contributed by atoms with van der Waals surface area (Å²) >= 11 is 0. The molecule has 0 bridgehead atoms. The molecule has 0 aliphatic carbocycles. The summed E-state index contributed by atoms with van der Waals surface area (Å²) in [6.07, 6.45) is 11.6. The molecule has 0 spiro atoms. The van der Waals surface area contributed by atoms with Crippen molar-refractivity contribution in [3.8, 4) is 5.75 Å². The average molecular weight is 350 g/mol. The lowest BCUT2D eigenvalue weighted by molar-refractivity contribution is -0.118. The molecule has 0 aliphatic heterocycles. The lowest BCUT2D eigenvalue weighted by atomic mass is 10.0. The number of amides is 1. The molecule has 1 rings (SSSR count). The second-order valence-corrected chi connectivity index (χ2v) is 6.75. The van der Waals surface area contributed by atoms with E-state index in [4.69, 9.17) is 4.74 Å². The molecule has 1 atom stereocenters. The van der Waals surface area contributed by atoms with Crippen molar-refractivity contribution >= 4 is 11.6 Å². The Labute approximate surface area is 153 Å². The summed E-state index contributed by atoms with van der Waals surface area (Å²) in [7, 11) is 1.61. The molecule has 1 amide bonds. The van der Waals surface area contributed by atoms with Gasteiger partial charge in [0.25, 0.3) is 0 Å². The predicted octanol–water partition coefficient (Wildman–Crippen LogP) is 5.31. The maximum absolute atomic E-state index is 11.9. The first-order valence-electron chi connectivity index (χ1n) is 9.77. The van der Waals surface area contributed by atoms with Gasteiger partial charge in [-0.3, -0.25) is 4.79 Å². The summed E-state index contributed by atoms with van der Waals surface area (Å²) < 4.78 is 5.08. The fourth-order valence-electron chi connectivity index (χ4n) is 2.89. The van der Waals surface area contributed by atoms with E-state index in [1.807, 2.05) is 0 Å². The molecule has 0 saturated heterocycles. The highest BCUT2D eigenvalue weighted by atomic mass is 16.5. The van der Waals surface area contributed by atoms with Crippen molar-refractivity contribution in [1.82, 2.24) is 0 Å². The van der Waals surface area contributed by atoms with Crippen molar-refractivity contribution in [2.75, 3.05) is 12.4 Å². The molecule has 1 aromatic carbocycles. The van der Waals surface area contributed by atoms with Gasteiger partial charge in [-0.2, -0.15) is 0 Å². The molecule has 0 fully saturated rings. The molecule has 0 radical (unpaired) electrons. The summed E-state index contributed by atoms with van der Waals surface area (Å²) in [4.78, 5) is 11.9. The van der Waals surface area contributed by atoms with Gasteiger partial charge in [-0.15, -0.1) is 0 Å². The lowest BCUT2D eigenvalue weighted by Crippen LogP contribution is -2.19. The molecule has 0 aromatic heterocycles. The van der Waals surface area contributed by atoms with Gasteiger partial charge in [-0.25, -0.2) is 0 Å². The van der Waals surface area contributed by atoms with Gasteiger partial charge in [0.2, 0.25) is 5.91 Å². The third-order valence-corrected chi connectivity index (χ3v) is 4.44. The van der Waals surface area contributed by atoms with Gasteiger partial charge >= 0.3 is 0 Å². The lowest BCUT2D eigenvalue weighted by Gasteiger charge is -2.11. The van der Waals surface area contributed by atoms with Crippen LogP contribution >= 0.6 is 0 Å². The Morgan fingerprint density at radius 3 is 2.12 bits per heavy atom. The van der Waals surface area contributed by atoms with Crippen LogP contribution in [0.3, 0.4) is 0 Å². The molecule has 25 heavy (non-hydrogen) atoms. The summed E-state index contributed by atoms with van der Waals surface area (Å²) in [5, 5.41) is 12.8. The minimum absolute atomic E-state index is 0.145. The van der Waals surface area contributed by atoms with Gasteiger partial charge in [-0.05, 0) is 30.7 Å². The number of nitrogens with one attached hydrogen (secondary N) is 1. The topological polar surface area (TPSA) is 58.6 Å².